The summed E-state index contributed by atoms with van der Waals surface area (Å²) in [6.45, 7) is 6.01. The van der Waals surface area contributed by atoms with Crippen LogP contribution in [0.4, 0.5) is 0 Å². The van der Waals surface area contributed by atoms with E-state index in [1.807, 2.05) is 29.8 Å². The Morgan fingerprint density at radius 1 is 1.26 bits per heavy atom. The number of aryl methyl sites for hydroxylation is 1. The average Bonchev–Trinajstić information content (AvgIpc) is 2.83. The lowest BCUT2D eigenvalue weighted by Gasteiger charge is -2.10. The predicted octanol–water partition coefficient (Wildman–Crippen LogP) is 1.85. The largest absolute Gasteiger partial charge is 0.352 e. The van der Waals surface area contributed by atoms with Crippen molar-refractivity contribution >= 4 is 5.96 Å². The van der Waals surface area contributed by atoms with Crippen LogP contribution in [0.5, 0.6) is 0 Å². The Hall–Kier alpha value is -2.74. The van der Waals surface area contributed by atoms with Gasteiger partial charge < -0.3 is 10.6 Å². The molecule has 0 aliphatic rings. The van der Waals surface area contributed by atoms with Crippen LogP contribution in [0.2, 0.25) is 0 Å². The Labute approximate surface area is 137 Å². The van der Waals surface area contributed by atoms with Crippen LogP contribution in [0.25, 0.3) is 0 Å². The standard InChI is InChI=1S/C18H23N5/c1-5-11-20-18(19-4)21-12-17-14(2)22-23(15(17)3)13-16-9-7-6-8-10-16/h1,6-10H,11-13H2,2-4H3,(H2,19,20,21). The smallest absolute Gasteiger partial charge is 0.192 e. The molecular formula is C18H23N5. The molecule has 1 heterocycles. The molecule has 0 bridgehead atoms. The van der Waals surface area contributed by atoms with Crippen molar-refractivity contribution in [1.82, 2.24) is 20.4 Å². The average molecular weight is 309 g/mol. The number of hydrogen-bond acceptors (Lipinski definition) is 2. The molecule has 2 aromatic rings. The first kappa shape index (κ1) is 16.6. The van der Waals surface area contributed by atoms with Crippen LogP contribution in [-0.2, 0) is 13.1 Å². The van der Waals surface area contributed by atoms with Crippen LogP contribution in [0.15, 0.2) is 35.3 Å². The van der Waals surface area contributed by atoms with E-state index in [2.05, 4.69) is 45.7 Å². The van der Waals surface area contributed by atoms with E-state index in [1.165, 1.54) is 11.1 Å². The number of hydrogen-bond donors (Lipinski definition) is 2. The highest BCUT2D eigenvalue weighted by molar-refractivity contribution is 5.79. The van der Waals surface area contributed by atoms with Gasteiger partial charge in [-0.05, 0) is 19.4 Å². The first-order chi connectivity index (χ1) is 11.2. The molecule has 120 valence electrons. The Kier molecular flexibility index (Phi) is 5.81. The van der Waals surface area contributed by atoms with Gasteiger partial charge in [0.2, 0.25) is 0 Å². The SMILES string of the molecule is C#CCNC(=NC)NCc1c(C)nn(Cc2ccccc2)c1C. The summed E-state index contributed by atoms with van der Waals surface area (Å²) >= 11 is 0. The molecule has 1 aromatic carbocycles. The minimum absolute atomic E-state index is 0.449. The fraction of sp³-hybridized carbons (Fsp3) is 0.333. The third kappa shape index (κ3) is 4.36. The number of rotatable bonds is 5. The zero-order valence-corrected chi connectivity index (χ0v) is 13.9. The van der Waals surface area contributed by atoms with E-state index in [1.54, 1.807) is 7.05 Å². The van der Waals surface area contributed by atoms with Gasteiger partial charge in [-0.3, -0.25) is 9.67 Å². The first-order valence-electron chi connectivity index (χ1n) is 7.60. The number of terminal acetylenes is 1. The molecule has 0 aliphatic heterocycles. The Morgan fingerprint density at radius 2 is 2.00 bits per heavy atom. The molecular weight excluding hydrogens is 286 g/mol. The quantitative estimate of drug-likeness (QED) is 0.503. The zero-order chi connectivity index (χ0) is 16.7. The lowest BCUT2D eigenvalue weighted by molar-refractivity contribution is 0.657. The van der Waals surface area contributed by atoms with Gasteiger partial charge >= 0.3 is 0 Å². The van der Waals surface area contributed by atoms with Gasteiger partial charge in [-0.25, -0.2) is 0 Å². The van der Waals surface area contributed by atoms with Gasteiger partial charge in [0.1, 0.15) is 0 Å². The molecule has 0 atom stereocenters. The van der Waals surface area contributed by atoms with Crippen LogP contribution in [0, 0.1) is 26.2 Å². The fourth-order valence-electron chi connectivity index (χ4n) is 2.43. The summed E-state index contributed by atoms with van der Waals surface area (Å²) in [5.74, 6) is 3.23. The maximum atomic E-state index is 5.26. The lowest BCUT2D eigenvalue weighted by Crippen LogP contribution is -2.37. The molecule has 0 radical (unpaired) electrons. The van der Waals surface area contributed by atoms with Crippen molar-refractivity contribution in [2.75, 3.05) is 13.6 Å². The molecule has 1 aromatic heterocycles. The minimum atomic E-state index is 0.449. The number of benzene rings is 1. The van der Waals surface area contributed by atoms with Gasteiger partial charge in [0, 0.05) is 24.8 Å². The van der Waals surface area contributed by atoms with Gasteiger partial charge in [-0.2, -0.15) is 5.10 Å². The predicted molar refractivity (Wildman–Crippen MR) is 94.3 cm³/mol. The van der Waals surface area contributed by atoms with Crippen LogP contribution in [-0.4, -0.2) is 29.3 Å². The second-order valence-electron chi connectivity index (χ2n) is 5.28. The molecule has 5 heteroatoms. The summed E-state index contributed by atoms with van der Waals surface area (Å²) in [4.78, 5) is 4.15. The normalized spacial score (nSPS) is 11.1. The number of guanidine groups is 1. The highest BCUT2D eigenvalue weighted by Crippen LogP contribution is 2.14. The Morgan fingerprint density at radius 3 is 2.65 bits per heavy atom. The maximum Gasteiger partial charge on any atom is 0.192 e. The van der Waals surface area contributed by atoms with Crippen LogP contribution < -0.4 is 10.6 Å². The second-order valence-corrected chi connectivity index (χ2v) is 5.28. The van der Waals surface area contributed by atoms with Crippen molar-refractivity contribution < 1.29 is 0 Å². The molecule has 0 saturated heterocycles. The van der Waals surface area contributed by atoms with E-state index in [-0.39, 0.29) is 0 Å². The van der Waals surface area contributed by atoms with Crippen molar-refractivity contribution in [2.45, 2.75) is 26.9 Å². The molecule has 2 N–H and O–H groups in total. The summed E-state index contributed by atoms with van der Waals surface area (Å²) in [5, 5.41) is 11.0. The van der Waals surface area contributed by atoms with Gasteiger partial charge in [0.15, 0.2) is 5.96 Å². The molecule has 0 saturated carbocycles. The van der Waals surface area contributed by atoms with Crippen LogP contribution in [0.3, 0.4) is 0 Å². The van der Waals surface area contributed by atoms with Gasteiger partial charge in [0.05, 0.1) is 18.8 Å². The van der Waals surface area contributed by atoms with E-state index in [9.17, 15) is 0 Å². The topological polar surface area (TPSA) is 54.2 Å². The van der Waals surface area contributed by atoms with Gasteiger partial charge in [-0.1, -0.05) is 36.3 Å². The van der Waals surface area contributed by atoms with E-state index >= 15 is 0 Å². The molecule has 0 fully saturated rings. The molecule has 0 aliphatic carbocycles. The summed E-state index contributed by atoms with van der Waals surface area (Å²) in [7, 11) is 1.73. The molecule has 0 unspecified atom stereocenters. The fourth-order valence-corrected chi connectivity index (χ4v) is 2.43. The van der Waals surface area contributed by atoms with Crippen molar-refractivity contribution in [3.05, 3.63) is 52.8 Å². The summed E-state index contributed by atoms with van der Waals surface area (Å²) in [6.07, 6.45) is 5.26. The van der Waals surface area contributed by atoms with E-state index in [0.29, 0.717) is 19.0 Å². The van der Waals surface area contributed by atoms with Crippen molar-refractivity contribution in [2.24, 2.45) is 4.99 Å². The lowest BCUT2D eigenvalue weighted by atomic mass is 10.2. The summed E-state index contributed by atoms with van der Waals surface area (Å²) in [5.41, 5.74) is 4.61. The van der Waals surface area contributed by atoms with Crippen molar-refractivity contribution in [3.8, 4) is 12.3 Å². The minimum Gasteiger partial charge on any atom is -0.352 e. The van der Waals surface area contributed by atoms with Crippen LogP contribution >= 0.6 is 0 Å². The number of nitrogens with one attached hydrogen (secondary N) is 2. The summed E-state index contributed by atoms with van der Waals surface area (Å²) < 4.78 is 2.04. The Balaban J connectivity index is 2.07. The highest BCUT2D eigenvalue weighted by atomic mass is 15.3. The monoisotopic (exact) mass is 309 g/mol. The molecule has 5 nitrogen and oxygen atoms in total. The van der Waals surface area contributed by atoms with Crippen molar-refractivity contribution in [3.63, 3.8) is 0 Å². The van der Waals surface area contributed by atoms with E-state index in [4.69, 9.17) is 6.42 Å². The van der Waals surface area contributed by atoms with Crippen LogP contribution in [0.1, 0.15) is 22.5 Å². The number of nitrogens with zero attached hydrogens (tertiary/aromatic N) is 3. The number of aromatic nitrogens is 2. The van der Waals surface area contributed by atoms with Gasteiger partial charge in [-0.15, -0.1) is 6.42 Å². The molecule has 0 spiro atoms. The number of aliphatic imine (C=N–C) groups is 1. The zero-order valence-electron chi connectivity index (χ0n) is 13.9. The summed E-state index contributed by atoms with van der Waals surface area (Å²) in [6, 6.07) is 10.3. The van der Waals surface area contributed by atoms with Crippen molar-refractivity contribution in [1.29, 1.82) is 0 Å². The molecule has 2 rings (SSSR count). The first-order valence-corrected chi connectivity index (χ1v) is 7.60. The molecule has 0 amide bonds. The van der Waals surface area contributed by atoms with E-state index in [0.717, 1.165) is 17.9 Å². The third-order valence-corrected chi connectivity index (χ3v) is 3.72. The van der Waals surface area contributed by atoms with E-state index < -0.39 is 0 Å². The maximum absolute atomic E-state index is 5.26. The molecule has 23 heavy (non-hydrogen) atoms. The third-order valence-electron chi connectivity index (χ3n) is 3.72. The second kappa shape index (κ2) is 8.04. The highest BCUT2D eigenvalue weighted by Gasteiger charge is 2.12. The Bertz CT molecular complexity index is 707. The van der Waals surface area contributed by atoms with Gasteiger partial charge in [0.25, 0.3) is 0 Å².